The number of likely N-dealkylation sites (N-methyl/N-ethyl adjacent to an activating group) is 1. The van der Waals surface area contributed by atoms with Gasteiger partial charge in [-0.1, -0.05) is 12.1 Å². The Kier molecular flexibility index (Phi) is 6.95. The van der Waals surface area contributed by atoms with Gasteiger partial charge in [-0.15, -0.1) is 0 Å². The maximum Gasteiger partial charge on any atom is 0.241 e. The summed E-state index contributed by atoms with van der Waals surface area (Å²) in [5.41, 5.74) is 1.63. The number of ether oxygens (including phenoxy) is 1. The van der Waals surface area contributed by atoms with E-state index in [1.165, 1.54) is 24.3 Å². The first-order valence-electron chi connectivity index (χ1n) is 8.50. The van der Waals surface area contributed by atoms with Crippen LogP contribution in [0.2, 0.25) is 0 Å². The molecule has 0 aromatic heterocycles. The van der Waals surface area contributed by atoms with E-state index in [9.17, 15) is 13.2 Å². The molecule has 0 saturated carbocycles. The highest BCUT2D eigenvalue weighted by molar-refractivity contribution is 7.89. The van der Waals surface area contributed by atoms with E-state index in [-0.39, 0.29) is 16.8 Å². The molecule has 2 aromatic carbocycles. The number of nitrogens with zero attached hydrogens (tertiary/aromatic N) is 1. The lowest BCUT2D eigenvalue weighted by molar-refractivity contribution is -0.120. The molecule has 146 valence electrons. The van der Waals surface area contributed by atoms with Crippen molar-refractivity contribution in [2.24, 2.45) is 5.14 Å². The topological polar surface area (TPSA) is 102 Å². The summed E-state index contributed by atoms with van der Waals surface area (Å²) < 4.78 is 28.2. The fraction of sp³-hybridized carbons (Fsp3) is 0.316. The van der Waals surface area contributed by atoms with Crippen molar-refractivity contribution in [1.82, 2.24) is 4.90 Å². The number of hydrogen-bond donors (Lipinski definition) is 2. The molecule has 0 spiro atoms. The smallest absolute Gasteiger partial charge is 0.241 e. The van der Waals surface area contributed by atoms with Crippen LogP contribution in [0.1, 0.15) is 12.5 Å². The number of amides is 1. The number of primary sulfonamides is 1. The molecule has 0 aliphatic heterocycles. The molecule has 0 saturated heterocycles. The van der Waals surface area contributed by atoms with Gasteiger partial charge in [-0.05, 0) is 62.9 Å². The van der Waals surface area contributed by atoms with Gasteiger partial charge in [0.05, 0.1) is 10.9 Å². The van der Waals surface area contributed by atoms with Gasteiger partial charge in [0, 0.05) is 12.2 Å². The van der Waals surface area contributed by atoms with Crippen molar-refractivity contribution >= 4 is 21.6 Å². The van der Waals surface area contributed by atoms with E-state index in [1.54, 1.807) is 6.92 Å². The molecule has 2 rings (SSSR count). The third-order valence-electron chi connectivity index (χ3n) is 4.19. The van der Waals surface area contributed by atoms with Crippen molar-refractivity contribution in [2.75, 3.05) is 25.5 Å². The Bertz CT molecular complexity index is 882. The molecule has 0 aliphatic rings. The summed E-state index contributed by atoms with van der Waals surface area (Å²) in [6, 6.07) is 13.1. The van der Waals surface area contributed by atoms with Crippen LogP contribution in [0, 0.1) is 6.92 Å². The summed E-state index contributed by atoms with van der Waals surface area (Å²) in [5.74, 6) is 0.604. The van der Waals surface area contributed by atoms with Gasteiger partial charge in [0.25, 0.3) is 0 Å². The highest BCUT2D eigenvalue weighted by Crippen LogP contribution is 2.14. The van der Waals surface area contributed by atoms with Crippen LogP contribution in [0.15, 0.2) is 53.4 Å². The molecule has 8 heteroatoms. The first-order valence-corrected chi connectivity index (χ1v) is 10.0. The Morgan fingerprint density at radius 1 is 1.22 bits per heavy atom. The number of nitrogens with two attached hydrogens (primary N) is 1. The van der Waals surface area contributed by atoms with Crippen LogP contribution < -0.4 is 15.2 Å². The maximum absolute atomic E-state index is 12.4. The zero-order valence-corrected chi connectivity index (χ0v) is 16.5. The van der Waals surface area contributed by atoms with Gasteiger partial charge in [-0.3, -0.25) is 9.69 Å². The molecule has 1 atom stereocenters. The molecule has 1 unspecified atom stereocenters. The molecule has 0 bridgehead atoms. The van der Waals surface area contributed by atoms with Crippen molar-refractivity contribution in [3.05, 3.63) is 54.1 Å². The molecule has 3 N–H and O–H groups in total. The average molecular weight is 391 g/mol. The number of carbonyl (C=O) groups excluding carboxylic acids is 1. The standard InChI is InChI=1S/C19H25N3O4S/c1-14-5-4-6-17(13-14)26-12-11-22(3)15(2)19(23)21-16-7-9-18(10-8-16)27(20,24)25/h4-10,13,15H,11-12H2,1-3H3,(H,21,23)(H2,20,24,25). The van der Waals surface area contributed by atoms with Crippen LogP contribution in [0.4, 0.5) is 5.69 Å². The fourth-order valence-corrected chi connectivity index (χ4v) is 2.90. The summed E-state index contributed by atoms with van der Waals surface area (Å²) in [5, 5.41) is 7.82. The van der Waals surface area contributed by atoms with E-state index >= 15 is 0 Å². The number of benzene rings is 2. The normalized spacial score (nSPS) is 12.6. The number of hydrogen-bond acceptors (Lipinski definition) is 5. The van der Waals surface area contributed by atoms with Gasteiger partial charge < -0.3 is 10.1 Å². The van der Waals surface area contributed by atoms with E-state index in [0.29, 0.717) is 18.8 Å². The third-order valence-corrected chi connectivity index (χ3v) is 5.12. The average Bonchev–Trinajstić information content (AvgIpc) is 2.60. The predicted octanol–water partition coefficient (Wildman–Crippen LogP) is 1.98. The van der Waals surface area contributed by atoms with Gasteiger partial charge in [-0.25, -0.2) is 13.6 Å². The highest BCUT2D eigenvalue weighted by Gasteiger charge is 2.18. The van der Waals surface area contributed by atoms with Crippen LogP contribution in [0.25, 0.3) is 0 Å². The molecule has 0 heterocycles. The van der Waals surface area contributed by atoms with E-state index in [2.05, 4.69) is 5.32 Å². The summed E-state index contributed by atoms with van der Waals surface area (Å²) >= 11 is 0. The molecular weight excluding hydrogens is 366 g/mol. The summed E-state index contributed by atoms with van der Waals surface area (Å²) in [6.07, 6.45) is 0. The van der Waals surface area contributed by atoms with Crippen molar-refractivity contribution in [1.29, 1.82) is 0 Å². The molecule has 0 radical (unpaired) electrons. The lowest BCUT2D eigenvalue weighted by Gasteiger charge is -2.24. The fourth-order valence-electron chi connectivity index (χ4n) is 2.38. The van der Waals surface area contributed by atoms with Crippen LogP contribution >= 0.6 is 0 Å². The zero-order valence-electron chi connectivity index (χ0n) is 15.7. The first-order chi connectivity index (χ1) is 12.7. The summed E-state index contributed by atoms with van der Waals surface area (Å²) in [6.45, 7) is 4.83. The monoisotopic (exact) mass is 391 g/mol. The van der Waals surface area contributed by atoms with E-state index in [1.807, 2.05) is 43.1 Å². The Labute approximate surface area is 160 Å². The van der Waals surface area contributed by atoms with Crippen LogP contribution in [0.5, 0.6) is 5.75 Å². The lowest BCUT2D eigenvalue weighted by atomic mass is 10.2. The second kappa shape index (κ2) is 8.98. The van der Waals surface area contributed by atoms with Crippen molar-refractivity contribution in [3.63, 3.8) is 0 Å². The predicted molar refractivity (Wildman–Crippen MR) is 105 cm³/mol. The first kappa shape index (κ1) is 20.9. The number of sulfonamides is 1. The van der Waals surface area contributed by atoms with Gasteiger partial charge in [-0.2, -0.15) is 0 Å². The van der Waals surface area contributed by atoms with E-state index in [0.717, 1.165) is 11.3 Å². The van der Waals surface area contributed by atoms with Gasteiger partial charge in [0.15, 0.2) is 0 Å². The number of rotatable bonds is 8. The van der Waals surface area contributed by atoms with E-state index in [4.69, 9.17) is 9.88 Å². The zero-order chi connectivity index (χ0) is 20.0. The third kappa shape index (κ3) is 6.35. The minimum atomic E-state index is -3.75. The van der Waals surface area contributed by atoms with Crippen LogP contribution in [-0.4, -0.2) is 45.5 Å². The number of anilines is 1. The number of nitrogens with one attached hydrogen (secondary N) is 1. The number of aryl methyl sites for hydroxylation is 1. The minimum Gasteiger partial charge on any atom is -0.492 e. The molecule has 7 nitrogen and oxygen atoms in total. The van der Waals surface area contributed by atoms with E-state index < -0.39 is 10.0 Å². The van der Waals surface area contributed by atoms with Gasteiger partial charge >= 0.3 is 0 Å². The Morgan fingerprint density at radius 3 is 2.48 bits per heavy atom. The molecule has 2 aromatic rings. The lowest BCUT2D eigenvalue weighted by Crippen LogP contribution is -2.41. The second-order valence-electron chi connectivity index (χ2n) is 6.38. The van der Waals surface area contributed by atoms with Gasteiger partial charge in [0.1, 0.15) is 12.4 Å². The van der Waals surface area contributed by atoms with Crippen LogP contribution in [-0.2, 0) is 14.8 Å². The maximum atomic E-state index is 12.4. The summed E-state index contributed by atoms with van der Waals surface area (Å²) in [4.78, 5) is 14.3. The Hall–Kier alpha value is -2.42. The summed E-state index contributed by atoms with van der Waals surface area (Å²) in [7, 11) is -1.91. The van der Waals surface area contributed by atoms with Crippen LogP contribution in [0.3, 0.4) is 0 Å². The van der Waals surface area contributed by atoms with Crippen molar-refractivity contribution in [3.8, 4) is 5.75 Å². The largest absolute Gasteiger partial charge is 0.492 e. The molecule has 1 amide bonds. The Balaban J connectivity index is 1.84. The molecular formula is C19H25N3O4S. The molecule has 0 fully saturated rings. The molecule has 0 aliphatic carbocycles. The highest BCUT2D eigenvalue weighted by atomic mass is 32.2. The SMILES string of the molecule is Cc1cccc(OCCN(C)C(C)C(=O)Nc2ccc(S(N)(=O)=O)cc2)c1. The number of carbonyl (C=O) groups is 1. The van der Waals surface area contributed by atoms with Gasteiger partial charge in [0.2, 0.25) is 15.9 Å². The second-order valence-corrected chi connectivity index (χ2v) is 7.94. The minimum absolute atomic E-state index is 0.000960. The molecule has 27 heavy (non-hydrogen) atoms. The Morgan fingerprint density at radius 2 is 1.89 bits per heavy atom. The van der Waals surface area contributed by atoms with Crippen molar-refractivity contribution in [2.45, 2.75) is 24.8 Å². The van der Waals surface area contributed by atoms with Crippen molar-refractivity contribution < 1.29 is 17.9 Å². The quantitative estimate of drug-likeness (QED) is 0.716.